The fraction of sp³-hybridized carbons (Fsp3) is 0.462. The molecule has 6 heteroatoms. The van der Waals surface area contributed by atoms with Gasteiger partial charge in [0.2, 0.25) is 5.91 Å². The molecule has 0 saturated carbocycles. The molecule has 0 bridgehead atoms. The predicted octanol–water partition coefficient (Wildman–Crippen LogP) is 0.976. The number of pyridine rings is 1. The summed E-state index contributed by atoms with van der Waals surface area (Å²) < 4.78 is 1.16. The van der Waals surface area contributed by atoms with E-state index in [0.717, 1.165) is 10.6 Å². The molecule has 1 aromatic rings. The topological polar surface area (TPSA) is 79.6 Å². The number of hydrogen-bond acceptors (Lipinski definition) is 3. The van der Waals surface area contributed by atoms with Crippen LogP contribution in [0.2, 0.25) is 0 Å². The quantitative estimate of drug-likeness (QED) is 0.861. The van der Waals surface area contributed by atoms with Crippen molar-refractivity contribution < 1.29 is 14.7 Å². The van der Waals surface area contributed by atoms with Crippen LogP contribution in [0.25, 0.3) is 0 Å². The lowest BCUT2D eigenvalue weighted by Gasteiger charge is -2.24. The smallest absolute Gasteiger partial charge is 0.337 e. The molecular weight excluding hydrogens is 248 g/mol. The highest BCUT2D eigenvalue weighted by molar-refractivity contribution is 5.87. The van der Waals surface area contributed by atoms with Gasteiger partial charge in [0.1, 0.15) is 6.04 Å². The van der Waals surface area contributed by atoms with Crippen LogP contribution in [-0.4, -0.2) is 39.5 Å². The van der Waals surface area contributed by atoms with Crippen LogP contribution in [0.4, 0.5) is 0 Å². The molecule has 6 nitrogen and oxygen atoms in total. The highest BCUT2D eigenvalue weighted by Crippen LogP contribution is 2.09. The van der Waals surface area contributed by atoms with E-state index < -0.39 is 17.6 Å². The summed E-state index contributed by atoms with van der Waals surface area (Å²) in [5.74, 6) is -1.33. The van der Waals surface area contributed by atoms with Crippen LogP contribution in [0.15, 0.2) is 23.1 Å². The number of nitrogens with zero attached hydrogens (tertiary/aromatic N) is 2. The van der Waals surface area contributed by atoms with Crippen molar-refractivity contribution in [2.24, 2.45) is 0 Å². The molecule has 0 aromatic carbocycles. The summed E-state index contributed by atoms with van der Waals surface area (Å²) in [6.07, 6.45) is 1.21. The van der Waals surface area contributed by atoms with Gasteiger partial charge >= 0.3 is 5.97 Å². The Labute approximate surface area is 111 Å². The molecule has 0 aliphatic carbocycles. The first-order chi connectivity index (χ1) is 8.92. The zero-order chi connectivity index (χ0) is 14.6. The van der Waals surface area contributed by atoms with E-state index in [1.54, 1.807) is 11.8 Å². The summed E-state index contributed by atoms with van der Waals surface area (Å²) in [4.78, 5) is 36.4. The highest BCUT2D eigenvalue weighted by atomic mass is 16.4. The van der Waals surface area contributed by atoms with E-state index >= 15 is 0 Å². The minimum atomic E-state index is -1.13. The molecule has 1 unspecified atom stereocenters. The maximum absolute atomic E-state index is 12.2. The Balaban J connectivity index is 3.15. The number of likely N-dealkylation sites (N-methyl/N-ethyl adjacent to an activating group) is 1. The molecule has 1 rings (SSSR count). The second-order valence-electron chi connectivity index (χ2n) is 4.15. The zero-order valence-electron chi connectivity index (χ0n) is 11.3. The number of rotatable bonds is 5. The van der Waals surface area contributed by atoms with E-state index in [4.69, 9.17) is 5.11 Å². The third-order valence-electron chi connectivity index (χ3n) is 3.03. The molecule has 1 atom stereocenters. The normalized spacial score (nSPS) is 11.9. The molecule has 0 aliphatic heterocycles. The predicted molar refractivity (Wildman–Crippen MR) is 70.3 cm³/mol. The molecule has 0 fully saturated rings. The van der Waals surface area contributed by atoms with Crippen molar-refractivity contribution in [3.8, 4) is 0 Å². The second-order valence-corrected chi connectivity index (χ2v) is 4.15. The average Bonchev–Trinajstić information content (AvgIpc) is 2.39. The van der Waals surface area contributed by atoms with Gasteiger partial charge in [-0.05, 0) is 26.8 Å². The van der Waals surface area contributed by atoms with Gasteiger partial charge in [-0.1, -0.05) is 0 Å². The molecule has 0 saturated heterocycles. The van der Waals surface area contributed by atoms with Crippen molar-refractivity contribution in [2.45, 2.75) is 26.8 Å². The molecule has 1 aromatic heterocycles. The number of amides is 1. The van der Waals surface area contributed by atoms with Gasteiger partial charge in [-0.2, -0.15) is 0 Å². The van der Waals surface area contributed by atoms with Gasteiger partial charge in [-0.3, -0.25) is 9.59 Å². The summed E-state index contributed by atoms with van der Waals surface area (Å²) in [6.45, 7) is 6.39. The summed E-state index contributed by atoms with van der Waals surface area (Å²) in [6, 6.07) is 1.68. The summed E-state index contributed by atoms with van der Waals surface area (Å²) in [5.41, 5.74) is -0.406. The Morgan fingerprint density at radius 2 is 1.89 bits per heavy atom. The van der Waals surface area contributed by atoms with Crippen LogP contribution < -0.4 is 5.56 Å². The van der Waals surface area contributed by atoms with E-state index in [1.807, 2.05) is 13.8 Å². The van der Waals surface area contributed by atoms with Crippen molar-refractivity contribution in [2.75, 3.05) is 13.1 Å². The Morgan fingerprint density at radius 1 is 1.32 bits per heavy atom. The lowest BCUT2D eigenvalue weighted by molar-refractivity contribution is -0.134. The number of aromatic nitrogens is 1. The number of carboxylic acids is 1. The standard InChI is InChI=1S/C13H18N2O4/c1-4-14(5-2)12(17)9(3)15-8-10(13(18)19)6-7-11(15)16/h6-9H,4-5H2,1-3H3,(H,18,19). The third kappa shape index (κ3) is 3.21. The van der Waals surface area contributed by atoms with E-state index in [0.29, 0.717) is 13.1 Å². The summed E-state index contributed by atoms with van der Waals surface area (Å²) in [5, 5.41) is 8.91. The van der Waals surface area contributed by atoms with Crippen molar-refractivity contribution in [3.63, 3.8) is 0 Å². The van der Waals surface area contributed by atoms with E-state index in [2.05, 4.69) is 0 Å². The minimum absolute atomic E-state index is 0.0150. The van der Waals surface area contributed by atoms with Crippen molar-refractivity contribution in [1.29, 1.82) is 0 Å². The van der Waals surface area contributed by atoms with Gasteiger partial charge < -0.3 is 14.6 Å². The molecular formula is C13H18N2O4. The first kappa shape index (κ1) is 14.9. The summed E-state index contributed by atoms with van der Waals surface area (Å²) >= 11 is 0. The minimum Gasteiger partial charge on any atom is -0.478 e. The largest absolute Gasteiger partial charge is 0.478 e. The van der Waals surface area contributed by atoms with Crippen molar-refractivity contribution >= 4 is 11.9 Å². The molecule has 1 heterocycles. The van der Waals surface area contributed by atoms with Crippen LogP contribution in [0, 0.1) is 0 Å². The van der Waals surface area contributed by atoms with Crippen molar-refractivity contribution in [1.82, 2.24) is 9.47 Å². The van der Waals surface area contributed by atoms with Gasteiger partial charge in [0.25, 0.3) is 5.56 Å². The number of hydrogen-bond donors (Lipinski definition) is 1. The first-order valence-electron chi connectivity index (χ1n) is 6.16. The molecule has 0 radical (unpaired) electrons. The van der Waals surface area contributed by atoms with E-state index in [1.165, 1.54) is 12.3 Å². The fourth-order valence-electron chi connectivity index (χ4n) is 1.85. The van der Waals surface area contributed by atoms with Crippen LogP contribution in [0.1, 0.15) is 37.2 Å². The van der Waals surface area contributed by atoms with Crippen LogP contribution >= 0.6 is 0 Å². The Morgan fingerprint density at radius 3 is 2.37 bits per heavy atom. The molecule has 1 N–H and O–H groups in total. The lowest BCUT2D eigenvalue weighted by Crippen LogP contribution is -2.39. The molecule has 104 valence electrons. The number of carboxylic acid groups (broad SMARTS) is 1. The summed E-state index contributed by atoms with van der Waals surface area (Å²) in [7, 11) is 0. The zero-order valence-corrected chi connectivity index (χ0v) is 11.3. The number of carbonyl (C=O) groups excluding carboxylic acids is 1. The molecule has 0 spiro atoms. The van der Waals surface area contributed by atoms with Gasteiger partial charge in [0, 0.05) is 25.4 Å². The number of carbonyl (C=O) groups is 2. The molecule has 0 aliphatic rings. The fourth-order valence-corrected chi connectivity index (χ4v) is 1.85. The monoisotopic (exact) mass is 266 g/mol. The first-order valence-corrected chi connectivity index (χ1v) is 6.16. The van der Waals surface area contributed by atoms with Gasteiger partial charge in [0.15, 0.2) is 0 Å². The van der Waals surface area contributed by atoms with Crippen molar-refractivity contribution in [3.05, 3.63) is 34.2 Å². The van der Waals surface area contributed by atoms with Gasteiger partial charge in [-0.15, -0.1) is 0 Å². The van der Waals surface area contributed by atoms with Crippen LogP contribution in [-0.2, 0) is 4.79 Å². The van der Waals surface area contributed by atoms with E-state index in [-0.39, 0.29) is 11.5 Å². The maximum atomic E-state index is 12.2. The second kappa shape index (κ2) is 6.17. The maximum Gasteiger partial charge on any atom is 0.337 e. The number of aromatic carboxylic acids is 1. The average molecular weight is 266 g/mol. The van der Waals surface area contributed by atoms with Crippen LogP contribution in [0.5, 0.6) is 0 Å². The Kier molecular flexibility index (Phi) is 4.86. The Bertz CT molecular complexity index is 532. The Hall–Kier alpha value is -2.11. The lowest BCUT2D eigenvalue weighted by atomic mass is 10.2. The third-order valence-corrected chi connectivity index (χ3v) is 3.03. The van der Waals surface area contributed by atoms with Crippen LogP contribution in [0.3, 0.4) is 0 Å². The molecule has 19 heavy (non-hydrogen) atoms. The van der Waals surface area contributed by atoms with Gasteiger partial charge in [0.05, 0.1) is 5.56 Å². The SMILES string of the molecule is CCN(CC)C(=O)C(C)n1cc(C(=O)O)ccc1=O. The molecule has 1 amide bonds. The highest BCUT2D eigenvalue weighted by Gasteiger charge is 2.21. The van der Waals surface area contributed by atoms with E-state index in [9.17, 15) is 14.4 Å². The van der Waals surface area contributed by atoms with Gasteiger partial charge in [-0.25, -0.2) is 4.79 Å².